The van der Waals surface area contributed by atoms with Gasteiger partial charge in [-0.3, -0.25) is 19.3 Å². The van der Waals surface area contributed by atoms with Crippen LogP contribution in [0.1, 0.15) is 58.3 Å². The molecule has 4 unspecified atom stereocenters. The van der Waals surface area contributed by atoms with Gasteiger partial charge < -0.3 is 4.74 Å². The Morgan fingerprint density at radius 1 is 1.00 bits per heavy atom. The third-order valence-electron chi connectivity index (χ3n) is 6.49. The Bertz CT molecular complexity index is 713. The Labute approximate surface area is 160 Å². The van der Waals surface area contributed by atoms with Crippen LogP contribution in [0.25, 0.3) is 0 Å². The number of rotatable bonds is 7. The second-order valence-corrected chi connectivity index (χ2v) is 8.18. The number of hydrogen-bond acceptors (Lipinski definition) is 4. The molecule has 5 nitrogen and oxygen atoms in total. The summed E-state index contributed by atoms with van der Waals surface area (Å²) in [4.78, 5) is 38.9. The third-order valence-corrected chi connectivity index (χ3v) is 6.49. The van der Waals surface area contributed by atoms with Gasteiger partial charge >= 0.3 is 5.97 Å². The van der Waals surface area contributed by atoms with Crippen molar-refractivity contribution in [3.05, 3.63) is 24.3 Å². The number of carbonyl (C=O) groups excluding carboxylic acids is 3. The molecule has 2 amide bonds. The van der Waals surface area contributed by atoms with E-state index in [4.69, 9.17) is 4.74 Å². The topological polar surface area (TPSA) is 63.7 Å². The molecule has 2 saturated carbocycles. The summed E-state index contributed by atoms with van der Waals surface area (Å²) in [6.07, 6.45) is 7.74. The average molecular weight is 369 g/mol. The smallest absolute Gasteiger partial charge is 0.311 e. The number of benzene rings is 1. The molecule has 3 fully saturated rings. The van der Waals surface area contributed by atoms with Gasteiger partial charge in [-0.05, 0) is 61.8 Å². The summed E-state index contributed by atoms with van der Waals surface area (Å²) >= 11 is 0. The molecule has 5 heteroatoms. The number of unbranched alkanes of at least 4 members (excludes halogenated alkanes) is 3. The average Bonchev–Trinajstić information content (AvgIpc) is 3.34. The monoisotopic (exact) mass is 369 g/mol. The second kappa shape index (κ2) is 7.45. The number of anilines is 1. The standard InChI is InChI=1S/C22H27NO4/c1-2-3-4-5-6-18(24)27-17-11-9-16(10-12-17)23-21(25)19-14-7-8-15(13-14)20(19)22(23)26/h9-12,14-15,19-20H,2-8,13H2,1H3. The van der Waals surface area contributed by atoms with E-state index in [0.717, 1.165) is 44.9 Å². The first kappa shape index (κ1) is 18.2. The molecule has 2 aliphatic carbocycles. The molecule has 27 heavy (non-hydrogen) atoms. The minimum Gasteiger partial charge on any atom is -0.427 e. The molecule has 144 valence electrons. The number of carbonyl (C=O) groups is 3. The Hall–Kier alpha value is -2.17. The molecule has 1 aromatic rings. The molecule has 2 bridgehead atoms. The van der Waals surface area contributed by atoms with Gasteiger partial charge in [-0.15, -0.1) is 0 Å². The Morgan fingerprint density at radius 3 is 2.22 bits per heavy atom. The van der Waals surface area contributed by atoms with Gasteiger partial charge in [-0.1, -0.05) is 26.2 Å². The van der Waals surface area contributed by atoms with Crippen LogP contribution >= 0.6 is 0 Å². The molecule has 4 rings (SSSR count). The molecule has 0 aromatic heterocycles. The first-order chi connectivity index (χ1) is 13.1. The summed E-state index contributed by atoms with van der Waals surface area (Å²) in [5.74, 6) is 0.671. The number of amides is 2. The van der Waals surface area contributed by atoms with Crippen LogP contribution in [0.5, 0.6) is 5.75 Å². The van der Waals surface area contributed by atoms with Gasteiger partial charge in [0.2, 0.25) is 11.8 Å². The zero-order chi connectivity index (χ0) is 19.0. The fourth-order valence-electron chi connectivity index (χ4n) is 5.21. The number of ether oxygens (including phenoxy) is 1. The zero-order valence-corrected chi connectivity index (χ0v) is 15.9. The number of fused-ring (bicyclic) bond motifs is 5. The highest BCUT2D eigenvalue weighted by Crippen LogP contribution is 2.56. The largest absolute Gasteiger partial charge is 0.427 e. The number of nitrogens with zero attached hydrogens (tertiary/aromatic N) is 1. The number of esters is 1. The van der Waals surface area contributed by atoms with Crippen LogP contribution in [0.4, 0.5) is 5.69 Å². The lowest BCUT2D eigenvalue weighted by Gasteiger charge is -2.19. The van der Waals surface area contributed by atoms with Crippen molar-refractivity contribution in [1.82, 2.24) is 0 Å². The van der Waals surface area contributed by atoms with E-state index in [1.165, 1.54) is 4.90 Å². The SMILES string of the molecule is CCCCCCC(=O)Oc1ccc(N2C(=O)C3C4CCC(C4)C3C2=O)cc1. The van der Waals surface area contributed by atoms with Gasteiger partial charge in [-0.2, -0.15) is 0 Å². The highest BCUT2D eigenvalue weighted by Gasteiger charge is 2.61. The van der Waals surface area contributed by atoms with E-state index in [1.807, 2.05) is 0 Å². The van der Waals surface area contributed by atoms with Gasteiger partial charge in [0.1, 0.15) is 5.75 Å². The van der Waals surface area contributed by atoms with Gasteiger partial charge in [-0.25, -0.2) is 0 Å². The Balaban J connectivity index is 1.39. The first-order valence-corrected chi connectivity index (χ1v) is 10.3. The van der Waals surface area contributed by atoms with Crippen molar-refractivity contribution in [2.45, 2.75) is 58.3 Å². The fourth-order valence-corrected chi connectivity index (χ4v) is 5.21. The van der Waals surface area contributed by atoms with Crippen molar-refractivity contribution in [1.29, 1.82) is 0 Å². The van der Waals surface area contributed by atoms with Crippen molar-refractivity contribution < 1.29 is 19.1 Å². The lowest BCUT2D eigenvalue weighted by atomic mass is 9.81. The summed E-state index contributed by atoms with van der Waals surface area (Å²) in [5.41, 5.74) is 0.585. The highest BCUT2D eigenvalue weighted by molar-refractivity contribution is 6.22. The molecule has 0 radical (unpaired) electrons. The molecule has 0 spiro atoms. The van der Waals surface area contributed by atoms with Crippen molar-refractivity contribution in [2.24, 2.45) is 23.7 Å². The molecule has 3 aliphatic rings. The first-order valence-electron chi connectivity index (χ1n) is 10.3. The third kappa shape index (κ3) is 3.28. The minimum absolute atomic E-state index is 0.0436. The summed E-state index contributed by atoms with van der Waals surface area (Å²) in [5, 5.41) is 0. The molecule has 1 aliphatic heterocycles. The maximum absolute atomic E-state index is 12.8. The van der Waals surface area contributed by atoms with Crippen LogP contribution in [-0.4, -0.2) is 17.8 Å². The van der Waals surface area contributed by atoms with E-state index in [1.54, 1.807) is 24.3 Å². The van der Waals surface area contributed by atoms with E-state index in [0.29, 0.717) is 29.7 Å². The fraction of sp³-hybridized carbons (Fsp3) is 0.591. The second-order valence-electron chi connectivity index (χ2n) is 8.18. The van der Waals surface area contributed by atoms with E-state index in [2.05, 4.69) is 6.92 Å². The summed E-state index contributed by atoms with van der Waals surface area (Å²) in [6.45, 7) is 2.13. The normalized spacial score (nSPS) is 28.7. The van der Waals surface area contributed by atoms with Gasteiger partial charge in [0.05, 0.1) is 17.5 Å². The lowest BCUT2D eigenvalue weighted by molar-refractivity contribution is -0.134. The maximum atomic E-state index is 12.8. The predicted octanol–water partition coefficient (Wildman–Crippen LogP) is 4.10. The van der Waals surface area contributed by atoms with Crippen LogP contribution in [0.3, 0.4) is 0 Å². The molecule has 0 N–H and O–H groups in total. The molecule has 1 heterocycles. The van der Waals surface area contributed by atoms with Crippen molar-refractivity contribution in [3.63, 3.8) is 0 Å². The molecular formula is C22H27NO4. The molecule has 1 aromatic carbocycles. The summed E-state index contributed by atoms with van der Waals surface area (Å²) in [6, 6.07) is 6.75. The van der Waals surface area contributed by atoms with Crippen LogP contribution < -0.4 is 9.64 Å². The van der Waals surface area contributed by atoms with Crippen LogP contribution in [0, 0.1) is 23.7 Å². The van der Waals surface area contributed by atoms with E-state index in [9.17, 15) is 14.4 Å². The molecule has 1 saturated heterocycles. The Kier molecular flexibility index (Phi) is 5.02. The minimum atomic E-state index is -0.238. The van der Waals surface area contributed by atoms with E-state index < -0.39 is 0 Å². The quantitative estimate of drug-likeness (QED) is 0.314. The highest BCUT2D eigenvalue weighted by atomic mass is 16.5. The zero-order valence-electron chi connectivity index (χ0n) is 15.9. The molecular weight excluding hydrogens is 342 g/mol. The van der Waals surface area contributed by atoms with Crippen molar-refractivity contribution in [2.75, 3.05) is 4.90 Å². The summed E-state index contributed by atoms with van der Waals surface area (Å²) < 4.78 is 5.36. The Morgan fingerprint density at radius 2 is 1.63 bits per heavy atom. The van der Waals surface area contributed by atoms with Gasteiger partial charge in [0.15, 0.2) is 0 Å². The number of hydrogen-bond donors (Lipinski definition) is 0. The van der Waals surface area contributed by atoms with Crippen molar-refractivity contribution in [3.8, 4) is 5.75 Å². The summed E-state index contributed by atoms with van der Waals surface area (Å²) in [7, 11) is 0. The van der Waals surface area contributed by atoms with Gasteiger partial charge in [0, 0.05) is 6.42 Å². The van der Waals surface area contributed by atoms with E-state index >= 15 is 0 Å². The van der Waals surface area contributed by atoms with Crippen LogP contribution in [0.2, 0.25) is 0 Å². The number of imide groups is 1. The molecule has 4 atom stereocenters. The van der Waals surface area contributed by atoms with Crippen LogP contribution in [0.15, 0.2) is 24.3 Å². The van der Waals surface area contributed by atoms with Gasteiger partial charge in [0.25, 0.3) is 0 Å². The lowest BCUT2D eigenvalue weighted by Crippen LogP contribution is -2.32. The van der Waals surface area contributed by atoms with E-state index in [-0.39, 0.29) is 29.6 Å². The predicted molar refractivity (Wildman–Crippen MR) is 101 cm³/mol. The maximum Gasteiger partial charge on any atom is 0.311 e. The van der Waals surface area contributed by atoms with Crippen molar-refractivity contribution >= 4 is 23.5 Å². The van der Waals surface area contributed by atoms with Crippen LogP contribution in [-0.2, 0) is 14.4 Å².